The van der Waals surface area contributed by atoms with E-state index in [4.69, 9.17) is 10.2 Å². The predicted octanol–water partition coefficient (Wildman–Crippen LogP) is 4.07. The van der Waals surface area contributed by atoms with Crippen molar-refractivity contribution >= 4 is 0 Å². The third-order valence-electron chi connectivity index (χ3n) is 3.76. The molecule has 23 heavy (non-hydrogen) atoms. The average molecular weight is 322 g/mol. The first-order chi connectivity index (χ1) is 10.9. The van der Waals surface area contributed by atoms with E-state index in [2.05, 4.69) is 6.08 Å². The molecule has 0 aliphatic heterocycles. The number of allylic oxidation sites excluding steroid dienone is 4. The Bertz CT molecular complexity index is 442. The lowest BCUT2D eigenvalue weighted by Gasteiger charge is -2.09. The molecule has 0 radical (unpaired) electrons. The van der Waals surface area contributed by atoms with Crippen LogP contribution in [0.25, 0.3) is 0 Å². The second-order valence-corrected chi connectivity index (χ2v) is 6.35. The van der Waals surface area contributed by atoms with Gasteiger partial charge in [0.15, 0.2) is 0 Å². The van der Waals surface area contributed by atoms with Gasteiger partial charge in [-0.15, -0.1) is 0 Å². The Morgan fingerprint density at radius 1 is 0.783 bits per heavy atom. The van der Waals surface area contributed by atoms with E-state index in [0.717, 1.165) is 31.3 Å². The maximum absolute atomic E-state index is 10.1. The van der Waals surface area contributed by atoms with Gasteiger partial charge >= 0.3 is 0 Å². The fourth-order valence-electron chi connectivity index (χ4n) is 2.30. The van der Waals surface area contributed by atoms with Gasteiger partial charge in [-0.1, -0.05) is 46.6 Å². The van der Waals surface area contributed by atoms with Crippen LogP contribution >= 0.6 is 0 Å². The van der Waals surface area contributed by atoms with Crippen molar-refractivity contribution in [3.8, 4) is 0 Å². The van der Waals surface area contributed by atoms with Gasteiger partial charge in [-0.2, -0.15) is 0 Å². The van der Waals surface area contributed by atoms with E-state index >= 15 is 0 Å². The number of rotatable bonds is 11. The molecule has 0 heterocycles. The highest BCUT2D eigenvalue weighted by Gasteiger charge is 2.02. The summed E-state index contributed by atoms with van der Waals surface area (Å²) in [4.78, 5) is 0. The molecule has 0 saturated carbocycles. The molecule has 0 aliphatic carbocycles. The minimum absolute atomic E-state index is 0.102. The lowest BCUT2D eigenvalue weighted by atomic mass is 10.0. The number of hydrogen-bond acceptors (Lipinski definition) is 3. The summed E-state index contributed by atoms with van der Waals surface area (Å²) in [5, 5.41) is 27.9. The summed E-state index contributed by atoms with van der Waals surface area (Å²) >= 11 is 0. The molecule has 3 heteroatoms. The molecule has 3 nitrogen and oxygen atoms in total. The molecule has 0 fully saturated rings. The van der Waals surface area contributed by atoms with Crippen LogP contribution in [0.4, 0.5) is 0 Å². The third-order valence-corrected chi connectivity index (χ3v) is 3.76. The fourth-order valence-corrected chi connectivity index (χ4v) is 2.30. The molecule has 132 valence electrons. The quantitative estimate of drug-likeness (QED) is 0.503. The average Bonchev–Trinajstić information content (AvgIpc) is 2.46. The summed E-state index contributed by atoms with van der Waals surface area (Å²) < 4.78 is 0. The van der Waals surface area contributed by atoms with E-state index in [1.807, 2.05) is 45.9 Å². The molecule has 0 saturated heterocycles. The van der Waals surface area contributed by atoms with Crippen molar-refractivity contribution in [2.45, 2.75) is 65.9 Å². The highest BCUT2D eigenvalue weighted by atomic mass is 16.3. The molecule has 0 aromatic carbocycles. The molecular weight excluding hydrogens is 288 g/mol. The van der Waals surface area contributed by atoms with Crippen molar-refractivity contribution in [3.05, 3.63) is 46.6 Å². The first-order valence-electron chi connectivity index (χ1n) is 8.43. The first-order valence-corrected chi connectivity index (χ1v) is 8.43. The molecule has 0 amide bonds. The third kappa shape index (κ3) is 13.0. The Labute approximate surface area is 141 Å². The van der Waals surface area contributed by atoms with E-state index in [1.165, 1.54) is 16.7 Å². The Balaban J connectivity index is 4.22. The second kappa shape index (κ2) is 13.3. The summed E-state index contributed by atoms with van der Waals surface area (Å²) in [5.41, 5.74) is 4.55. The van der Waals surface area contributed by atoms with Crippen molar-refractivity contribution in [1.82, 2.24) is 0 Å². The fraction of sp³-hybridized carbons (Fsp3) is 0.600. The summed E-state index contributed by atoms with van der Waals surface area (Å²) in [7, 11) is 0. The second-order valence-electron chi connectivity index (χ2n) is 6.35. The van der Waals surface area contributed by atoms with E-state index in [9.17, 15) is 5.11 Å². The Morgan fingerprint density at radius 2 is 1.35 bits per heavy atom. The van der Waals surface area contributed by atoms with E-state index in [-0.39, 0.29) is 13.2 Å². The molecule has 0 aromatic heterocycles. The zero-order valence-electron chi connectivity index (χ0n) is 15.2. The van der Waals surface area contributed by atoms with E-state index in [0.29, 0.717) is 6.42 Å². The predicted molar refractivity (Wildman–Crippen MR) is 98.3 cm³/mol. The van der Waals surface area contributed by atoms with Crippen LogP contribution in [0.5, 0.6) is 0 Å². The van der Waals surface area contributed by atoms with Crippen LogP contribution in [-0.2, 0) is 0 Å². The largest absolute Gasteiger partial charge is 0.392 e. The summed E-state index contributed by atoms with van der Waals surface area (Å²) in [6.07, 6.45) is 11.9. The minimum Gasteiger partial charge on any atom is -0.392 e. The van der Waals surface area contributed by atoms with Crippen molar-refractivity contribution in [2.24, 2.45) is 0 Å². The van der Waals surface area contributed by atoms with E-state index in [1.54, 1.807) is 0 Å². The number of aliphatic hydroxyl groups excluding tert-OH is 3. The lowest BCUT2D eigenvalue weighted by molar-refractivity contribution is 0.222. The van der Waals surface area contributed by atoms with Crippen LogP contribution in [0.1, 0.15) is 59.8 Å². The SMILES string of the molecule is C/C(=C/CC/C(C)=C/[C@H](O)C/C(C)=C/CC/C(C)=C\CO)CO. The van der Waals surface area contributed by atoms with Crippen LogP contribution in [0.3, 0.4) is 0 Å². The van der Waals surface area contributed by atoms with Crippen LogP contribution in [0.2, 0.25) is 0 Å². The summed E-state index contributed by atoms with van der Waals surface area (Å²) in [6.45, 7) is 8.23. The van der Waals surface area contributed by atoms with Crippen molar-refractivity contribution < 1.29 is 15.3 Å². The smallest absolute Gasteiger partial charge is 0.0760 e. The van der Waals surface area contributed by atoms with Gasteiger partial charge in [0.1, 0.15) is 0 Å². The Morgan fingerprint density at radius 3 is 1.91 bits per heavy atom. The summed E-state index contributed by atoms with van der Waals surface area (Å²) in [5.74, 6) is 0. The highest BCUT2D eigenvalue weighted by molar-refractivity contribution is 5.10. The Hall–Kier alpha value is -1.16. The van der Waals surface area contributed by atoms with Gasteiger partial charge in [-0.3, -0.25) is 0 Å². The van der Waals surface area contributed by atoms with Gasteiger partial charge in [0.25, 0.3) is 0 Å². The standard InChI is InChI=1S/C20H34O3/c1-16(11-12-21)7-5-8-17(2)13-20(23)14-18(3)9-6-10-19(4)15-22/h8,10-11,14,20-23H,5-7,9,12-13,15H2,1-4H3/b16-11-,17-8+,18-14+,19-10-/t20-/m1/s1. The minimum atomic E-state index is -0.441. The molecule has 0 aliphatic rings. The number of hydrogen-bond donors (Lipinski definition) is 3. The van der Waals surface area contributed by atoms with Gasteiger partial charge in [-0.25, -0.2) is 0 Å². The van der Waals surface area contributed by atoms with Crippen LogP contribution < -0.4 is 0 Å². The van der Waals surface area contributed by atoms with Crippen molar-refractivity contribution in [2.75, 3.05) is 13.2 Å². The molecule has 3 N–H and O–H groups in total. The molecule has 1 atom stereocenters. The van der Waals surface area contributed by atoms with Crippen molar-refractivity contribution in [3.63, 3.8) is 0 Å². The Kier molecular flexibility index (Phi) is 12.6. The maximum Gasteiger partial charge on any atom is 0.0760 e. The normalized spacial score (nSPS) is 16.0. The molecule has 0 unspecified atom stereocenters. The van der Waals surface area contributed by atoms with Gasteiger partial charge in [0.2, 0.25) is 0 Å². The van der Waals surface area contributed by atoms with Gasteiger partial charge in [0, 0.05) is 0 Å². The van der Waals surface area contributed by atoms with Crippen LogP contribution in [0.15, 0.2) is 46.6 Å². The monoisotopic (exact) mass is 322 g/mol. The number of aliphatic hydroxyl groups is 3. The topological polar surface area (TPSA) is 60.7 Å². The zero-order valence-corrected chi connectivity index (χ0v) is 15.2. The van der Waals surface area contributed by atoms with E-state index < -0.39 is 6.10 Å². The van der Waals surface area contributed by atoms with Gasteiger partial charge < -0.3 is 15.3 Å². The molecule has 0 spiro atoms. The van der Waals surface area contributed by atoms with Crippen LogP contribution in [-0.4, -0.2) is 34.6 Å². The molecule has 0 aromatic rings. The lowest BCUT2D eigenvalue weighted by Crippen LogP contribution is -2.04. The molecule has 0 bridgehead atoms. The molecular formula is C20H34O3. The van der Waals surface area contributed by atoms with Gasteiger partial charge in [-0.05, 0) is 59.8 Å². The maximum atomic E-state index is 10.1. The highest BCUT2D eigenvalue weighted by Crippen LogP contribution is 2.14. The first kappa shape index (κ1) is 21.8. The van der Waals surface area contributed by atoms with Crippen molar-refractivity contribution in [1.29, 1.82) is 0 Å². The van der Waals surface area contributed by atoms with Crippen LogP contribution in [0, 0.1) is 0 Å². The zero-order chi connectivity index (χ0) is 17.7. The molecule has 0 rings (SSSR count). The van der Waals surface area contributed by atoms with Gasteiger partial charge in [0.05, 0.1) is 19.3 Å². The summed E-state index contributed by atoms with van der Waals surface area (Å²) in [6, 6.07) is 0.